The lowest BCUT2D eigenvalue weighted by molar-refractivity contribution is -0.348. The van der Waals surface area contributed by atoms with Gasteiger partial charge in [-0.15, -0.1) is 0 Å². The van der Waals surface area contributed by atoms with Crippen LogP contribution in [0.15, 0.2) is 30.7 Å². The Morgan fingerprint density at radius 2 is 2.12 bits per heavy atom. The zero-order valence-corrected chi connectivity index (χ0v) is 18.2. The predicted octanol–water partition coefficient (Wildman–Crippen LogP) is 3.45. The zero-order chi connectivity index (χ0) is 22.8. The maximum atomic E-state index is 11.2. The monoisotopic (exact) mass is 435 g/mol. The van der Waals surface area contributed by atoms with Gasteiger partial charge in [0.05, 0.1) is 11.7 Å². The Bertz CT molecular complexity index is 1210. The summed E-state index contributed by atoms with van der Waals surface area (Å²) in [4.78, 5) is 28.0. The summed E-state index contributed by atoms with van der Waals surface area (Å²) in [6, 6.07) is 3.78. The quantitative estimate of drug-likeness (QED) is 0.211. The van der Waals surface area contributed by atoms with E-state index in [1.165, 1.54) is 12.4 Å². The second kappa shape index (κ2) is 8.69. The highest BCUT2D eigenvalue weighted by atomic mass is 16.6. The van der Waals surface area contributed by atoms with Crippen LogP contribution in [-0.4, -0.2) is 41.8 Å². The molecule has 0 aliphatic heterocycles. The van der Waals surface area contributed by atoms with Gasteiger partial charge in [0.2, 0.25) is 0 Å². The summed E-state index contributed by atoms with van der Waals surface area (Å²) < 4.78 is 2.12. The van der Waals surface area contributed by atoms with Gasteiger partial charge in [-0.25, -0.2) is 19.9 Å². The van der Waals surface area contributed by atoms with Gasteiger partial charge in [-0.3, -0.25) is 0 Å². The number of pyridine rings is 1. The molecule has 0 amide bonds. The number of amidine groups is 1. The predicted molar refractivity (Wildman–Crippen MR) is 121 cm³/mol. The van der Waals surface area contributed by atoms with Crippen LogP contribution in [0.5, 0.6) is 0 Å². The van der Waals surface area contributed by atoms with Crippen molar-refractivity contribution in [2.24, 2.45) is 5.92 Å². The second-order valence-corrected chi connectivity index (χ2v) is 8.09. The van der Waals surface area contributed by atoms with Gasteiger partial charge in [-0.05, 0) is 50.5 Å². The third kappa shape index (κ3) is 4.56. The molecule has 0 bridgehead atoms. The number of aryl methyl sites for hydroxylation is 1. The second-order valence-electron chi connectivity index (χ2n) is 8.09. The normalized spacial score (nSPS) is 14.1. The number of fused-ring (bicyclic) bond motifs is 1. The van der Waals surface area contributed by atoms with E-state index in [0.717, 1.165) is 29.7 Å². The minimum absolute atomic E-state index is 0.0243. The van der Waals surface area contributed by atoms with E-state index in [0.29, 0.717) is 24.1 Å². The molecule has 1 fully saturated rings. The minimum atomic E-state index is -0.763. The Morgan fingerprint density at radius 3 is 2.81 bits per heavy atom. The van der Waals surface area contributed by atoms with Crippen molar-refractivity contribution in [3.05, 3.63) is 52.5 Å². The summed E-state index contributed by atoms with van der Waals surface area (Å²) in [5.41, 5.74) is 1.78. The lowest BCUT2D eigenvalue weighted by atomic mass is 10.2. The number of hydrogen-bond donors (Lipinski definition) is 3. The fraction of sp³-hybridized carbons (Fsp3) is 0.381. The highest BCUT2D eigenvalue weighted by molar-refractivity contribution is 6.15. The van der Waals surface area contributed by atoms with Crippen LogP contribution in [0.4, 0.5) is 11.6 Å². The molecule has 3 aromatic rings. The van der Waals surface area contributed by atoms with Crippen molar-refractivity contribution in [1.82, 2.24) is 29.8 Å². The molecule has 11 nitrogen and oxygen atoms in total. The number of anilines is 2. The number of imidazole rings is 1. The van der Waals surface area contributed by atoms with Crippen molar-refractivity contribution in [2.45, 2.75) is 39.7 Å². The fourth-order valence-corrected chi connectivity index (χ4v) is 3.52. The summed E-state index contributed by atoms with van der Waals surface area (Å²) in [6.07, 6.45) is 6.93. The third-order valence-corrected chi connectivity index (χ3v) is 5.21. The van der Waals surface area contributed by atoms with Gasteiger partial charge < -0.3 is 25.3 Å². The van der Waals surface area contributed by atoms with Crippen molar-refractivity contribution in [1.29, 1.82) is 5.41 Å². The molecule has 0 saturated heterocycles. The largest absolute Gasteiger partial charge is 0.390 e. The molecule has 11 heteroatoms. The van der Waals surface area contributed by atoms with E-state index in [1.54, 1.807) is 12.3 Å². The molecule has 3 heterocycles. The Balaban J connectivity index is 1.62. The van der Waals surface area contributed by atoms with Crippen LogP contribution in [0.1, 0.15) is 44.4 Å². The molecule has 0 unspecified atom stereocenters. The highest BCUT2D eigenvalue weighted by Gasteiger charge is 2.23. The lowest BCUT2D eigenvalue weighted by Gasteiger charge is -2.12. The van der Waals surface area contributed by atoms with E-state index in [4.69, 9.17) is 5.41 Å². The van der Waals surface area contributed by atoms with E-state index in [9.17, 15) is 10.1 Å². The van der Waals surface area contributed by atoms with Crippen molar-refractivity contribution < 1.29 is 4.92 Å². The molecule has 166 valence electrons. The van der Waals surface area contributed by atoms with Crippen molar-refractivity contribution in [2.75, 3.05) is 11.9 Å². The lowest BCUT2D eigenvalue weighted by Crippen LogP contribution is -2.18. The van der Waals surface area contributed by atoms with Crippen LogP contribution < -0.4 is 10.6 Å². The Hall–Kier alpha value is -3.89. The molecule has 3 N–H and O–H groups in total. The molecule has 0 atom stereocenters. The number of rotatable bonds is 8. The minimum Gasteiger partial charge on any atom is -0.390 e. The summed E-state index contributed by atoms with van der Waals surface area (Å²) in [7, 11) is 0. The molecule has 1 saturated carbocycles. The highest BCUT2D eigenvalue weighted by Crippen LogP contribution is 2.28. The van der Waals surface area contributed by atoms with Crippen LogP contribution in [0.25, 0.3) is 16.6 Å². The topological polar surface area (TPSA) is 148 Å². The standard InChI is InChI=1S/C21H25N9O2/c1-12(2)29-13(3)26-16-11-25-19(8-17(16)29)27-18-6-7-24-21(28-18)15(20(22)30(31)32)10-23-9-14-4-5-14/h6-8,10-12,14,22-23H,4-5,9H2,1-3H3,(H,24,25,27,28)/b15-10+,22-20?. The summed E-state index contributed by atoms with van der Waals surface area (Å²) in [6.45, 7) is 6.85. The summed E-state index contributed by atoms with van der Waals surface area (Å²) in [5, 5.41) is 25.3. The molecule has 0 radical (unpaired) electrons. The van der Waals surface area contributed by atoms with E-state index in [-0.39, 0.29) is 17.4 Å². The van der Waals surface area contributed by atoms with Gasteiger partial charge >= 0.3 is 5.84 Å². The molecular formula is C21H25N9O2. The number of hydrogen-bond acceptors (Lipinski definition) is 9. The first-order valence-electron chi connectivity index (χ1n) is 10.5. The maximum Gasteiger partial charge on any atom is 0.368 e. The van der Waals surface area contributed by atoms with E-state index in [1.807, 2.05) is 13.0 Å². The first-order valence-corrected chi connectivity index (χ1v) is 10.5. The van der Waals surface area contributed by atoms with Crippen LogP contribution in [0.3, 0.4) is 0 Å². The van der Waals surface area contributed by atoms with E-state index < -0.39 is 10.8 Å². The van der Waals surface area contributed by atoms with E-state index in [2.05, 4.69) is 49.0 Å². The van der Waals surface area contributed by atoms with Gasteiger partial charge in [0.15, 0.2) is 5.82 Å². The molecule has 0 spiro atoms. The van der Waals surface area contributed by atoms with Gasteiger partial charge in [0.25, 0.3) is 0 Å². The van der Waals surface area contributed by atoms with Crippen molar-refractivity contribution in [3.8, 4) is 0 Å². The maximum absolute atomic E-state index is 11.2. The van der Waals surface area contributed by atoms with Gasteiger partial charge in [0.1, 0.15) is 28.5 Å². The fourth-order valence-electron chi connectivity index (χ4n) is 3.52. The Labute approximate surface area is 184 Å². The van der Waals surface area contributed by atoms with Gasteiger partial charge in [-0.2, -0.15) is 0 Å². The molecule has 1 aliphatic carbocycles. The Kier molecular flexibility index (Phi) is 5.80. The molecule has 1 aliphatic rings. The van der Waals surface area contributed by atoms with Gasteiger partial charge in [0, 0.05) is 31.0 Å². The molecule has 32 heavy (non-hydrogen) atoms. The SMILES string of the molecule is Cc1nc2cnc(Nc3ccnc(/C(=C/NCC4CC4)C(=N)[N+](=O)[O-])n3)cc2n1C(C)C. The third-order valence-electron chi connectivity index (χ3n) is 5.21. The molecule has 4 rings (SSSR count). The number of nitrogens with zero attached hydrogens (tertiary/aromatic N) is 6. The first kappa shape index (κ1) is 21.3. The van der Waals surface area contributed by atoms with Crippen LogP contribution in [0, 0.1) is 28.4 Å². The average Bonchev–Trinajstić information content (AvgIpc) is 3.51. The first-order chi connectivity index (χ1) is 15.3. The van der Waals surface area contributed by atoms with Crippen molar-refractivity contribution >= 4 is 34.1 Å². The van der Waals surface area contributed by atoms with E-state index >= 15 is 0 Å². The zero-order valence-electron chi connectivity index (χ0n) is 18.2. The average molecular weight is 435 g/mol. The van der Waals surface area contributed by atoms with Crippen LogP contribution >= 0.6 is 0 Å². The van der Waals surface area contributed by atoms with Crippen LogP contribution in [0.2, 0.25) is 0 Å². The number of nitro groups is 1. The van der Waals surface area contributed by atoms with Gasteiger partial charge in [-0.1, -0.05) is 5.41 Å². The molecular weight excluding hydrogens is 410 g/mol. The molecule has 3 aromatic heterocycles. The number of nitrogens with one attached hydrogen (secondary N) is 3. The summed E-state index contributed by atoms with van der Waals surface area (Å²) >= 11 is 0. The molecule has 0 aromatic carbocycles. The summed E-state index contributed by atoms with van der Waals surface area (Å²) in [5.74, 6) is 1.79. The Morgan fingerprint density at radius 1 is 1.34 bits per heavy atom. The van der Waals surface area contributed by atoms with Crippen LogP contribution in [-0.2, 0) is 0 Å². The smallest absolute Gasteiger partial charge is 0.368 e. The number of aromatic nitrogens is 5. The van der Waals surface area contributed by atoms with Crippen molar-refractivity contribution in [3.63, 3.8) is 0 Å².